The van der Waals surface area contributed by atoms with Gasteiger partial charge in [0.2, 0.25) is 5.82 Å². The summed E-state index contributed by atoms with van der Waals surface area (Å²) in [5, 5.41) is 7.12. The maximum atomic E-state index is 13.7. The molecule has 0 saturated carbocycles. The van der Waals surface area contributed by atoms with Crippen LogP contribution < -0.4 is 5.32 Å². The third-order valence-electron chi connectivity index (χ3n) is 5.34. The molecule has 1 atom stereocenters. The van der Waals surface area contributed by atoms with Crippen LogP contribution in [-0.2, 0) is 4.74 Å². The van der Waals surface area contributed by atoms with Crippen LogP contribution in [-0.4, -0.2) is 40.8 Å². The van der Waals surface area contributed by atoms with Crippen LogP contribution in [0.3, 0.4) is 0 Å². The number of hydrogen-bond acceptors (Lipinski definition) is 5. The SMILES string of the molecule is CCOCCCN1C(=O)NC(c2ccccc2)C(c2nc(-c3cccc(F)c3)no2)=C1C. The lowest BCUT2D eigenvalue weighted by Gasteiger charge is -2.35. The molecule has 1 aliphatic rings. The highest BCUT2D eigenvalue weighted by atomic mass is 19.1. The van der Waals surface area contributed by atoms with Gasteiger partial charge in [-0.25, -0.2) is 9.18 Å². The van der Waals surface area contributed by atoms with Crippen LogP contribution in [0, 0.1) is 5.82 Å². The van der Waals surface area contributed by atoms with Crippen LogP contribution in [0.1, 0.15) is 37.8 Å². The molecule has 1 N–H and O–H groups in total. The predicted octanol–water partition coefficient (Wildman–Crippen LogP) is 4.80. The Bertz CT molecular complexity index is 1110. The summed E-state index contributed by atoms with van der Waals surface area (Å²) in [6, 6.07) is 15.0. The van der Waals surface area contributed by atoms with Crippen LogP contribution in [0.4, 0.5) is 9.18 Å². The van der Waals surface area contributed by atoms with Crippen LogP contribution >= 0.6 is 0 Å². The second-order valence-corrected chi connectivity index (χ2v) is 7.43. The lowest BCUT2D eigenvalue weighted by Crippen LogP contribution is -2.46. The Morgan fingerprint density at radius 3 is 2.75 bits per heavy atom. The van der Waals surface area contributed by atoms with E-state index >= 15 is 0 Å². The van der Waals surface area contributed by atoms with Gasteiger partial charge >= 0.3 is 6.03 Å². The lowest BCUT2D eigenvalue weighted by atomic mass is 9.94. The van der Waals surface area contributed by atoms with Gasteiger partial charge in [-0.3, -0.25) is 4.90 Å². The minimum atomic E-state index is -0.451. The van der Waals surface area contributed by atoms with Crippen molar-refractivity contribution >= 4 is 11.6 Å². The van der Waals surface area contributed by atoms with Crippen molar-refractivity contribution in [2.24, 2.45) is 0 Å². The van der Waals surface area contributed by atoms with Crippen molar-refractivity contribution in [3.8, 4) is 11.4 Å². The number of nitrogens with zero attached hydrogens (tertiary/aromatic N) is 3. The Labute approximate surface area is 185 Å². The van der Waals surface area contributed by atoms with Gasteiger partial charge in [0, 0.05) is 31.0 Å². The number of allylic oxidation sites excluding steroid dienone is 1. The summed E-state index contributed by atoms with van der Waals surface area (Å²) in [4.78, 5) is 19.1. The van der Waals surface area contributed by atoms with Gasteiger partial charge < -0.3 is 14.6 Å². The number of benzene rings is 2. The minimum Gasteiger partial charge on any atom is -0.382 e. The first-order valence-electron chi connectivity index (χ1n) is 10.6. The zero-order valence-electron chi connectivity index (χ0n) is 18.0. The van der Waals surface area contributed by atoms with E-state index in [4.69, 9.17) is 9.26 Å². The normalized spacial score (nSPS) is 16.4. The number of aromatic nitrogens is 2. The topological polar surface area (TPSA) is 80.5 Å². The van der Waals surface area contributed by atoms with Gasteiger partial charge in [-0.1, -0.05) is 47.6 Å². The number of nitrogens with one attached hydrogen (secondary N) is 1. The van der Waals surface area contributed by atoms with Gasteiger partial charge in [-0.2, -0.15) is 4.98 Å². The largest absolute Gasteiger partial charge is 0.382 e. The molecule has 3 aromatic rings. The molecule has 2 amide bonds. The first kappa shape index (κ1) is 21.7. The van der Waals surface area contributed by atoms with E-state index in [-0.39, 0.29) is 23.6 Å². The molecule has 7 nitrogen and oxygen atoms in total. The van der Waals surface area contributed by atoms with Crippen LogP contribution in [0.15, 0.2) is 64.8 Å². The number of carbonyl (C=O) groups is 1. The predicted molar refractivity (Wildman–Crippen MR) is 118 cm³/mol. The minimum absolute atomic E-state index is 0.193. The number of ether oxygens (including phenoxy) is 1. The fourth-order valence-electron chi connectivity index (χ4n) is 3.77. The van der Waals surface area contributed by atoms with Crippen LogP contribution in [0.2, 0.25) is 0 Å². The summed E-state index contributed by atoms with van der Waals surface area (Å²) < 4.78 is 24.7. The van der Waals surface area contributed by atoms with Crippen molar-refractivity contribution < 1.29 is 18.4 Å². The molecule has 0 fully saturated rings. The van der Waals surface area contributed by atoms with Gasteiger partial charge in [0.15, 0.2) is 0 Å². The van der Waals surface area contributed by atoms with E-state index in [1.807, 2.05) is 44.2 Å². The highest BCUT2D eigenvalue weighted by Crippen LogP contribution is 2.37. The molecule has 8 heteroatoms. The summed E-state index contributed by atoms with van der Waals surface area (Å²) >= 11 is 0. The number of amides is 2. The summed E-state index contributed by atoms with van der Waals surface area (Å²) in [6.07, 6.45) is 0.695. The van der Waals surface area contributed by atoms with E-state index in [2.05, 4.69) is 15.5 Å². The van der Waals surface area contributed by atoms with E-state index < -0.39 is 6.04 Å². The van der Waals surface area contributed by atoms with Crippen molar-refractivity contribution in [2.45, 2.75) is 26.3 Å². The Hall–Kier alpha value is -3.52. The molecule has 0 aliphatic carbocycles. The van der Waals surface area contributed by atoms with Crippen molar-refractivity contribution in [3.63, 3.8) is 0 Å². The van der Waals surface area contributed by atoms with E-state index in [0.29, 0.717) is 37.3 Å². The van der Waals surface area contributed by atoms with E-state index in [9.17, 15) is 9.18 Å². The second kappa shape index (κ2) is 9.74. The first-order chi connectivity index (χ1) is 15.6. The highest BCUT2D eigenvalue weighted by Gasteiger charge is 2.35. The summed E-state index contributed by atoms with van der Waals surface area (Å²) in [6.45, 7) is 5.50. The smallest absolute Gasteiger partial charge is 0.322 e. The van der Waals surface area contributed by atoms with Gasteiger partial charge in [-0.15, -0.1) is 0 Å². The van der Waals surface area contributed by atoms with Crippen LogP contribution in [0.5, 0.6) is 0 Å². The Morgan fingerprint density at radius 1 is 1.19 bits per heavy atom. The molecule has 0 spiro atoms. The molecule has 1 unspecified atom stereocenters. The molecule has 1 aromatic heterocycles. The Morgan fingerprint density at radius 2 is 2.00 bits per heavy atom. The van der Waals surface area contributed by atoms with Crippen LogP contribution in [0.25, 0.3) is 17.0 Å². The van der Waals surface area contributed by atoms with Crippen molar-refractivity contribution in [3.05, 3.63) is 77.6 Å². The number of urea groups is 1. The zero-order valence-corrected chi connectivity index (χ0v) is 18.0. The van der Waals surface area contributed by atoms with Crippen molar-refractivity contribution in [1.29, 1.82) is 0 Å². The van der Waals surface area contributed by atoms with Gasteiger partial charge in [0.25, 0.3) is 5.89 Å². The molecule has 0 radical (unpaired) electrons. The molecule has 2 aromatic carbocycles. The van der Waals surface area contributed by atoms with Crippen molar-refractivity contribution in [2.75, 3.05) is 19.8 Å². The molecule has 0 bridgehead atoms. The Balaban J connectivity index is 1.73. The summed E-state index contributed by atoms with van der Waals surface area (Å²) in [5.41, 5.74) is 2.86. The van der Waals surface area contributed by atoms with Gasteiger partial charge in [-0.05, 0) is 38.0 Å². The van der Waals surface area contributed by atoms with Gasteiger partial charge in [0.05, 0.1) is 11.6 Å². The number of halogens is 1. The molecular formula is C24H25FN4O3. The second-order valence-electron chi connectivity index (χ2n) is 7.43. The third-order valence-corrected chi connectivity index (χ3v) is 5.34. The van der Waals surface area contributed by atoms with E-state index in [1.165, 1.54) is 12.1 Å². The molecule has 4 rings (SSSR count). The maximum absolute atomic E-state index is 13.7. The van der Waals surface area contributed by atoms with E-state index in [0.717, 1.165) is 11.3 Å². The number of rotatable bonds is 8. The first-order valence-corrected chi connectivity index (χ1v) is 10.6. The third kappa shape index (κ3) is 4.55. The average molecular weight is 436 g/mol. The fraction of sp³-hybridized carbons (Fsp3) is 0.292. The molecule has 32 heavy (non-hydrogen) atoms. The molecule has 0 saturated heterocycles. The standard InChI is InChI=1S/C24H25FN4O3/c1-3-31-14-8-13-29-16(2)20(21(26-24(29)30)17-9-5-4-6-10-17)23-27-22(28-32-23)18-11-7-12-19(25)15-18/h4-7,9-12,15,21H,3,8,13-14H2,1-2H3,(H,26,30). The fourth-order valence-corrected chi connectivity index (χ4v) is 3.77. The number of hydrogen-bond donors (Lipinski definition) is 1. The molecule has 1 aliphatic heterocycles. The lowest BCUT2D eigenvalue weighted by molar-refractivity contribution is 0.136. The summed E-state index contributed by atoms with van der Waals surface area (Å²) in [5.74, 6) is 0.189. The Kier molecular flexibility index (Phi) is 6.61. The molecular weight excluding hydrogens is 411 g/mol. The molecule has 166 valence electrons. The maximum Gasteiger partial charge on any atom is 0.322 e. The summed E-state index contributed by atoms with van der Waals surface area (Å²) in [7, 11) is 0. The average Bonchev–Trinajstić information content (AvgIpc) is 3.28. The van der Waals surface area contributed by atoms with E-state index in [1.54, 1.807) is 17.0 Å². The highest BCUT2D eigenvalue weighted by molar-refractivity contribution is 5.86. The van der Waals surface area contributed by atoms with Gasteiger partial charge in [0.1, 0.15) is 5.82 Å². The number of carbonyl (C=O) groups excluding carboxylic acids is 1. The molecule has 2 heterocycles. The zero-order chi connectivity index (χ0) is 22.5. The monoisotopic (exact) mass is 436 g/mol. The quantitative estimate of drug-likeness (QED) is 0.513. The van der Waals surface area contributed by atoms with Crippen molar-refractivity contribution in [1.82, 2.24) is 20.4 Å².